The molecule has 0 spiro atoms. The maximum Gasteiger partial charge on any atom is 0.416 e. The van der Waals surface area contributed by atoms with Crippen LogP contribution in [-0.2, 0) is 11.0 Å². The second-order valence-corrected chi connectivity index (χ2v) is 6.35. The summed E-state index contributed by atoms with van der Waals surface area (Å²) in [5, 5.41) is 21.9. The van der Waals surface area contributed by atoms with Crippen molar-refractivity contribution in [1.29, 1.82) is 0 Å². The average Bonchev–Trinajstić information content (AvgIpc) is 2.63. The predicted octanol–water partition coefficient (Wildman–Crippen LogP) is 5.22. The maximum atomic E-state index is 14.1. The van der Waals surface area contributed by atoms with Crippen molar-refractivity contribution < 1.29 is 37.1 Å². The van der Waals surface area contributed by atoms with Gasteiger partial charge in [-0.2, -0.15) is 13.2 Å². The third-order valence-electron chi connectivity index (χ3n) is 3.88. The van der Waals surface area contributed by atoms with Crippen LogP contribution in [0.25, 0.3) is 0 Å². The van der Waals surface area contributed by atoms with E-state index in [-0.39, 0.29) is 17.4 Å². The standard InChI is InChI=1S/C17H11ClF4N2O6/c18-11-5-9(17(20,21)22)6-12(19)16(11)30-10-3-1-2-8(4-10)15(23-27)13(24(28)29)7-14(25)26/h1-6,13,15H,7H2,(H,25,26). The summed E-state index contributed by atoms with van der Waals surface area (Å²) in [6.45, 7) is 0. The number of rotatable bonds is 8. The van der Waals surface area contributed by atoms with Gasteiger partial charge >= 0.3 is 12.1 Å². The van der Waals surface area contributed by atoms with Crippen LogP contribution < -0.4 is 4.74 Å². The van der Waals surface area contributed by atoms with Crippen LogP contribution in [0.2, 0.25) is 5.02 Å². The average molecular weight is 451 g/mol. The first-order valence-electron chi connectivity index (χ1n) is 7.95. The summed E-state index contributed by atoms with van der Waals surface area (Å²) in [7, 11) is 0. The lowest BCUT2D eigenvalue weighted by Gasteiger charge is -2.16. The first-order valence-corrected chi connectivity index (χ1v) is 8.33. The van der Waals surface area contributed by atoms with Gasteiger partial charge in [-0.3, -0.25) is 14.9 Å². The predicted molar refractivity (Wildman–Crippen MR) is 94.5 cm³/mol. The van der Waals surface area contributed by atoms with Crippen LogP contribution in [0.3, 0.4) is 0 Å². The van der Waals surface area contributed by atoms with Crippen LogP contribution in [0.5, 0.6) is 11.5 Å². The van der Waals surface area contributed by atoms with Crippen LogP contribution >= 0.6 is 11.6 Å². The highest BCUT2D eigenvalue weighted by molar-refractivity contribution is 6.32. The van der Waals surface area contributed by atoms with E-state index in [0.717, 1.165) is 6.07 Å². The van der Waals surface area contributed by atoms with Gasteiger partial charge in [0.1, 0.15) is 12.2 Å². The molecule has 13 heteroatoms. The minimum absolute atomic E-state index is 0.117. The number of nitrogens with zero attached hydrogens (tertiary/aromatic N) is 2. The smallest absolute Gasteiger partial charge is 0.416 e. The molecule has 160 valence electrons. The highest BCUT2D eigenvalue weighted by Gasteiger charge is 2.37. The highest BCUT2D eigenvalue weighted by atomic mass is 35.5. The van der Waals surface area contributed by atoms with E-state index >= 15 is 0 Å². The molecule has 0 fully saturated rings. The number of halogens is 5. The zero-order valence-electron chi connectivity index (χ0n) is 14.6. The number of ether oxygens (including phenoxy) is 1. The zero-order valence-corrected chi connectivity index (χ0v) is 15.4. The molecule has 2 atom stereocenters. The molecule has 0 aliphatic heterocycles. The van der Waals surface area contributed by atoms with E-state index in [1.165, 1.54) is 18.2 Å². The van der Waals surface area contributed by atoms with Gasteiger partial charge in [0, 0.05) is 4.92 Å². The van der Waals surface area contributed by atoms with Gasteiger partial charge in [0.25, 0.3) is 6.04 Å². The van der Waals surface area contributed by atoms with Gasteiger partial charge < -0.3 is 9.84 Å². The fourth-order valence-electron chi connectivity index (χ4n) is 2.53. The monoisotopic (exact) mass is 450 g/mol. The van der Waals surface area contributed by atoms with Crippen LogP contribution in [0, 0.1) is 20.8 Å². The largest absolute Gasteiger partial charge is 0.481 e. The Bertz CT molecular complexity index is 962. The molecule has 2 unspecified atom stereocenters. The molecule has 2 aromatic rings. The van der Waals surface area contributed by atoms with E-state index in [1.54, 1.807) is 0 Å². The van der Waals surface area contributed by atoms with Crippen molar-refractivity contribution in [2.45, 2.75) is 24.7 Å². The second-order valence-electron chi connectivity index (χ2n) is 5.94. The third-order valence-corrected chi connectivity index (χ3v) is 4.16. The Hall–Kier alpha value is -3.28. The van der Waals surface area contributed by atoms with Crippen LogP contribution in [0.1, 0.15) is 23.6 Å². The molecule has 0 saturated carbocycles. The number of benzene rings is 2. The van der Waals surface area contributed by atoms with E-state index in [2.05, 4.69) is 5.18 Å². The molecule has 8 nitrogen and oxygen atoms in total. The first-order chi connectivity index (χ1) is 13.9. The van der Waals surface area contributed by atoms with Crippen molar-refractivity contribution in [3.8, 4) is 11.5 Å². The summed E-state index contributed by atoms with van der Waals surface area (Å²) >= 11 is 5.68. The molecular weight excluding hydrogens is 440 g/mol. The minimum atomic E-state index is -4.84. The number of alkyl halides is 3. The molecule has 30 heavy (non-hydrogen) atoms. The number of carboxylic acids is 1. The Morgan fingerprint density at radius 3 is 2.47 bits per heavy atom. The van der Waals surface area contributed by atoms with Crippen molar-refractivity contribution in [2.24, 2.45) is 5.18 Å². The molecule has 0 aromatic heterocycles. The SMILES string of the molecule is O=NC(c1cccc(Oc2c(F)cc(C(F)(F)F)cc2Cl)c1)C(CC(=O)O)[N+](=O)[O-]. The summed E-state index contributed by atoms with van der Waals surface area (Å²) < 4.78 is 57.4. The summed E-state index contributed by atoms with van der Waals surface area (Å²) in [6, 6.07) is 1.76. The van der Waals surface area contributed by atoms with Crippen molar-refractivity contribution >= 4 is 17.6 Å². The Labute approximate surface area is 170 Å². The van der Waals surface area contributed by atoms with Gasteiger partial charge in [0.05, 0.1) is 10.6 Å². The van der Waals surface area contributed by atoms with Crippen LogP contribution in [-0.4, -0.2) is 22.0 Å². The number of nitroso groups, excluding NO2 is 1. The zero-order chi connectivity index (χ0) is 22.6. The van der Waals surface area contributed by atoms with E-state index in [4.69, 9.17) is 21.4 Å². The number of hydrogen-bond donors (Lipinski definition) is 1. The van der Waals surface area contributed by atoms with E-state index in [9.17, 15) is 37.4 Å². The molecule has 0 aliphatic carbocycles. The number of hydrogen-bond acceptors (Lipinski definition) is 6. The Kier molecular flexibility index (Phi) is 6.92. The number of carboxylic acid groups (broad SMARTS) is 1. The lowest BCUT2D eigenvalue weighted by Crippen LogP contribution is -2.29. The summed E-state index contributed by atoms with van der Waals surface area (Å²) in [5.74, 6) is -3.91. The molecule has 0 bridgehead atoms. The summed E-state index contributed by atoms with van der Waals surface area (Å²) in [5.41, 5.74) is -1.45. The topological polar surface area (TPSA) is 119 Å². The Morgan fingerprint density at radius 2 is 1.97 bits per heavy atom. The number of aliphatic carboxylic acids is 1. The van der Waals surface area contributed by atoms with Crippen molar-refractivity contribution in [1.82, 2.24) is 0 Å². The number of carbonyl (C=O) groups is 1. The fourth-order valence-corrected chi connectivity index (χ4v) is 2.78. The summed E-state index contributed by atoms with van der Waals surface area (Å²) in [6.07, 6.45) is -5.83. The number of nitro groups is 1. The second kappa shape index (κ2) is 9.03. The van der Waals surface area contributed by atoms with Crippen molar-refractivity contribution in [3.63, 3.8) is 0 Å². The van der Waals surface area contributed by atoms with Crippen LogP contribution in [0.4, 0.5) is 17.6 Å². The van der Waals surface area contributed by atoms with Crippen molar-refractivity contribution in [2.75, 3.05) is 0 Å². The minimum Gasteiger partial charge on any atom is -0.481 e. The van der Waals surface area contributed by atoms with Gasteiger partial charge in [-0.25, -0.2) is 4.39 Å². The normalized spacial score (nSPS) is 13.4. The third kappa shape index (κ3) is 5.41. The van der Waals surface area contributed by atoms with Gasteiger partial charge in [-0.1, -0.05) is 28.9 Å². The molecule has 0 aliphatic rings. The highest BCUT2D eigenvalue weighted by Crippen LogP contribution is 2.39. The molecule has 0 heterocycles. The lowest BCUT2D eigenvalue weighted by atomic mass is 9.98. The Balaban J connectivity index is 2.39. The van der Waals surface area contributed by atoms with E-state index < -0.39 is 57.7 Å². The summed E-state index contributed by atoms with van der Waals surface area (Å²) in [4.78, 5) is 32.2. The maximum absolute atomic E-state index is 14.1. The van der Waals surface area contributed by atoms with E-state index in [0.29, 0.717) is 6.07 Å². The lowest BCUT2D eigenvalue weighted by molar-refractivity contribution is -0.525. The molecule has 2 aromatic carbocycles. The quantitative estimate of drug-likeness (QED) is 0.255. The molecule has 1 N–H and O–H groups in total. The fraction of sp³-hybridized carbons (Fsp3) is 0.235. The molecule has 0 amide bonds. The van der Waals surface area contributed by atoms with Gasteiger partial charge in [0.15, 0.2) is 17.6 Å². The Morgan fingerprint density at radius 1 is 1.30 bits per heavy atom. The van der Waals surface area contributed by atoms with Gasteiger partial charge in [-0.15, -0.1) is 4.91 Å². The molecule has 0 saturated heterocycles. The molecular formula is C17H11ClF4N2O6. The van der Waals surface area contributed by atoms with Crippen molar-refractivity contribution in [3.05, 3.63) is 73.4 Å². The van der Waals surface area contributed by atoms with E-state index in [1.807, 2.05) is 0 Å². The van der Waals surface area contributed by atoms with Crippen LogP contribution in [0.15, 0.2) is 41.6 Å². The van der Waals surface area contributed by atoms with Gasteiger partial charge in [0.2, 0.25) is 0 Å². The van der Waals surface area contributed by atoms with Gasteiger partial charge in [-0.05, 0) is 29.8 Å². The molecule has 2 rings (SSSR count). The molecule has 0 radical (unpaired) electrons. The first kappa shape index (κ1) is 23.0.